The van der Waals surface area contributed by atoms with Crippen molar-refractivity contribution >= 4 is 11.9 Å². The molecule has 0 saturated carbocycles. The van der Waals surface area contributed by atoms with E-state index >= 15 is 0 Å². The summed E-state index contributed by atoms with van der Waals surface area (Å²) in [6.07, 6.45) is 0.535. The van der Waals surface area contributed by atoms with E-state index in [0.717, 1.165) is 0 Å². The van der Waals surface area contributed by atoms with Crippen LogP contribution in [0.4, 0.5) is 0 Å². The van der Waals surface area contributed by atoms with Crippen molar-refractivity contribution in [3.05, 3.63) is 0 Å². The molecule has 0 aromatic heterocycles. The molecule has 0 aliphatic heterocycles. The van der Waals surface area contributed by atoms with Crippen molar-refractivity contribution in [3.8, 4) is 0 Å². The van der Waals surface area contributed by atoms with E-state index in [1.807, 2.05) is 0 Å². The predicted octanol–water partition coefficient (Wildman–Crippen LogP) is -1.58. The molecular formula is C6H12NO4Zn+. The van der Waals surface area contributed by atoms with E-state index < -0.39 is 11.9 Å². The fraction of sp³-hybridized carbons (Fsp3) is 0.667. The minimum Gasteiger partial charge on any atom is -0.550 e. The van der Waals surface area contributed by atoms with Gasteiger partial charge in [0.25, 0.3) is 0 Å². The quantitative estimate of drug-likeness (QED) is 0.450. The molecule has 12 heavy (non-hydrogen) atoms. The van der Waals surface area contributed by atoms with Gasteiger partial charge < -0.3 is 26.0 Å². The SMILES string of the molecule is O=C([O-])CCCCC(=O)[O-].[NH4+].[Zn+2]. The van der Waals surface area contributed by atoms with E-state index in [2.05, 4.69) is 0 Å². The fourth-order valence-corrected chi connectivity index (χ4v) is 0.539. The summed E-state index contributed by atoms with van der Waals surface area (Å²) in [5, 5.41) is 19.5. The minimum absolute atomic E-state index is 0. The molecule has 0 saturated heterocycles. The summed E-state index contributed by atoms with van der Waals surface area (Å²) in [5.74, 6) is -2.28. The second kappa shape index (κ2) is 10.5. The molecule has 6 heteroatoms. The number of carboxylic acids is 2. The number of carbonyl (C=O) groups is 2. The number of aliphatic carboxylic acids is 2. The Morgan fingerprint density at radius 1 is 0.917 bits per heavy atom. The fourth-order valence-electron chi connectivity index (χ4n) is 0.539. The smallest absolute Gasteiger partial charge is 0.550 e. The van der Waals surface area contributed by atoms with Gasteiger partial charge in [-0.25, -0.2) is 0 Å². The normalized spacial score (nSPS) is 7.67. The molecule has 0 atom stereocenters. The van der Waals surface area contributed by atoms with Crippen molar-refractivity contribution in [2.45, 2.75) is 25.7 Å². The number of hydrogen-bond donors (Lipinski definition) is 1. The Hall–Kier alpha value is -0.477. The van der Waals surface area contributed by atoms with Crippen molar-refractivity contribution in [1.82, 2.24) is 6.15 Å². The average Bonchev–Trinajstić information content (AvgIpc) is 1.79. The standard InChI is InChI=1S/C6H10O4.H3N.Zn/c7-5(8)3-1-2-4-6(9)10;;/h1-4H2,(H,7,8)(H,9,10);1H3;/q;;+2/p-1. The summed E-state index contributed by atoms with van der Waals surface area (Å²) < 4.78 is 0. The molecule has 0 amide bonds. The molecule has 0 heterocycles. The van der Waals surface area contributed by atoms with E-state index in [-0.39, 0.29) is 38.5 Å². The second-order valence-electron chi connectivity index (χ2n) is 1.95. The third-order valence-electron chi connectivity index (χ3n) is 1.01. The first-order valence-corrected chi connectivity index (χ1v) is 3.02. The van der Waals surface area contributed by atoms with Gasteiger partial charge in [-0.05, 0) is 25.7 Å². The molecule has 4 N–H and O–H groups in total. The van der Waals surface area contributed by atoms with E-state index in [1.165, 1.54) is 0 Å². The number of carbonyl (C=O) groups excluding carboxylic acids is 2. The zero-order valence-electron chi connectivity index (χ0n) is 7.17. The Balaban J connectivity index is -0.000000405. The van der Waals surface area contributed by atoms with E-state index in [4.69, 9.17) is 0 Å². The first-order valence-electron chi connectivity index (χ1n) is 3.02. The summed E-state index contributed by atoms with van der Waals surface area (Å²) in [4.78, 5) is 19.5. The monoisotopic (exact) mass is 226 g/mol. The first kappa shape index (κ1) is 17.6. The van der Waals surface area contributed by atoms with Crippen LogP contribution in [0.5, 0.6) is 0 Å². The van der Waals surface area contributed by atoms with Gasteiger partial charge in [0.1, 0.15) is 0 Å². The van der Waals surface area contributed by atoms with Crippen molar-refractivity contribution < 1.29 is 39.3 Å². The van der Waals surface area contributed by atoms with Crippen molar-refractivity contribution in [2.24, 2.45) is 0 Å². The van der Waals surface area contributed by atoms with Crippen molar-refractivity contribution in [2.75, 3.05) is 0 Å². The zero-order valence-corrected chi connectivity index (χ0v) is 10.1. The largest absolute Gasteiger partial charge is 2.00 e. The number of unbranched alkanes of at least 4 members (excludes halogenated alkanes) is 1. The summed E-state index contributed by atoms with van der Waals surface area (Å²) in [7, 11) is 0. The topological polar surface area (TPSA) is 117 Å². The maximum absolute atomic E-state index is 9.77. The Kier molecular flexibility index (Phi) is 15.4. The molecule has 0 unspecified atom stereocenters. The van der Waals surface area contributed by atoms with Gasteiger partial charge in [-0.15, -0.1) is 0 Å². The maximum Gasteiger partial charge on any atom is 2.00 e. The van der Waals surface area contributed by atoms with Crippen LogP contribution in [-0.4, -0.2) is 11.9 Å². The second-order valence-corrected chi connectivity index (χ2v) is 1.95. The Morgan fingerprint density at radius 2 is 1.17 bits per heavy atom. The third kappa shape index (κ3) is 16.3. The molecule has 0 spiro atoms. The van der Waals surface area contributed by atoms with Crippen LogP contribution in [0, 0.1) is 0 Å². The van der Waals surface area contributed by atoms with Gasteiger partial charge >= 0.3 is 19.5 Å². The Bertz CT molecular complexity index is 124. The molecule has 0 aromatic rings. The molecule has 5 nitrogen and oxygen atoms in total. The molecule has 0 fully saturated rings. The van der Waals surface area contributed by atoms with Crippen LogP contribution < -0.4 is 16.4 Å². The molecule has 0 aromatic carbocycles. The summed E-state index contributed by atoms with van der Waals surface area (Å²) in [6, 6.07) is 0. The van der Waals surface area contributed by atoms with Gasteiger partial charge in [-0.3, -0.25) is 0 Å². The number of hydrogen-bond acceptors (Lipinski definition) is 4. The van der Waals surface area contributed by atoms with Gasteiger partial charge in [-0.1, -0.05) is 0 Å². The number of rotatable bonds is 5. The van der Waals surface area contributed by atoms with Crippen LogP contribution in [0.1, 0.15) is 25.7 Å². The van der Waals surface area contributed by atoms with Crippen molar-refractivity contribution in [3.63, 3.8) is 0 Å². The summed E-state index contributed by atoms with van der Waals surface area (Å²) in [5.41, 5.74) is 0. The van der Waals surface area contributed by atoms with Gasteiger partial charge in [0.15, 0.2) is 0 Å². The third-order valence-corrected chi connectivity index (χ3v) is 1.01. The average molecular weight is 228 g/mol. The minimum atomic E-state index is -1.14. The molecule has 0 bridgehead atoms. The maximum atomic E-state index is 9.77. The van der Waals surface area contributed by atoms with Crippen LogP contribution in [0.25, 0.3) is 0 Å². The first-order chi connectivity index (χ1) is 4.63. The van der Waals surface area contributed by atoms with E-state index in [1.54, 1.807) is 0 Å². The molecule has 66 valence electrons. The molecule has 0 aliphatic rings. The van der Waals surface area contributed by atoms with Gasteiger partial charge in [-0.2, -0.15) is 0 Å². The van der Waals surface area contributed by atoms with Crippen molar-refractivity contribution in [1.29, 1.82) is 0 Å². The Morgan fingerprint density at radius 3 is 1.33 bits per heavy atom. The predicted molar refractivity (Wildman–Crippen MR) is 34.5 cm³/mol. The number of quaternary nitrogens is 1. The molecule has 0 radical (unpaired) electrons. The van der Waals surface area contributed by atoms with Crippen LogP contribution >= 0.6 is 0 Å². The van der Waals surface area contributed by atoms with Gasteiger partial charge in [0, 0.05) is 11.9 Å². The van der Waals surface area contributed by atoms with Crippen LogP contribution in [0.15, 0.2) is 0 Å². The van der Waals surface area contributed by atoms with Gasteiger partial charge in [0.05, 0.1) is 0 Å². The molecule has 0 aliphatic carbocycles. The molecular weight excluding hydrogens is 215 g/mol. The zero-order chi connectivity index (χ0) is 7.98. The molecule has 0 rings (SSSR count). The summed E-state index contributed by atoms with van der Waals surface area (Å²) in [6.45, 7) is 0. The Labute approximate surface area is 83.5 Å². The van der Waals surface area contributed by atoms with E-state index in [9.17, 15) is 19.8 Å². The van der Waals surface area contributed by atoms with Crippen LogP contribution in [0.2, 0.25) is 0 Å². The van der Waals surface area contributed by atoms with Crippen LogP contribution in [-0.2, 0) is 29.1 Å². The van der Waals surface area contributed by atoms with Gasteiger partial charge in [0.2, 0.25) is 0 Å². The summed E-state index contributed by atoms with van der Waals surface area (Å²) >= 11 is 0. The number of carboxylic acid groups (broad SMARTS) is 2. The van der Waals surface area contributed by atoms with E-state index in [0.29, 0.717) is 12.8 Å². The van der Waals surface area contributed by atoms with Crippen LogP contribution in [0.3, 0.4) is 0 Å².